The number of pyridine rings is 1. The van der Waals surface area contributed by atoms with Crippen molar-refractivity contribution in [1.82, 2.24) is 19.2 Å². The molecule has 6 heteroatoms. The molecule has 0 radical (unpaired) electrons. The fourth-order valence-corrected chi connectivity index (χ4v) is 3.96. The smallest absolute Gasteiger partial charge is 0.274 e. The number of imidazole rings is 1. The Morgan fingerprint density at radius 3 is 2.80 bits per heavy atom. The van der Waals surface area contributed by atoms with E-state index in [1.165, 1.54) is 5.56 Å². The van der Waals surface area contributed by atoms with Gasteiger partial charge in [-0.1, -0.05) is 48.6 Å². The first-order valence-corrected chi connectivity index (χ1v) is 10.4. The van der Waals surface area contributed by atoms with Crippen molar-refractivity contribution in [3.8, 4) is 0 Å². The van der Waals surface area contributed by atoms with Gasteiger partial charge in [0, 0.05) is 32.9 Å². The van der Waals surface area contributed by atoms with Crippen molar-refractivity contribution in [2.24, 2.45) is 0 Å². The van der Waals surface area contributed by atoms with Gasteiger partial charge >= 0.3 is 0 Å². The number of carbonyl (C=O) groups is 1. The predicted octanol–water partition coefficient (Wildman–Crippen LogP) is 2.69. The molecule has 1 N–H and O–H groups in total. The molecule has 6 nitrogen and oxygen atoms in total. The summed E-state index contributed by atoms with van der Waals surface area (Å²) in [6.07, 6.45) is 6.83. The quantitative estimate of drug-likeness (QED) is 0.615. The Hall–Kier alpha value is -2.96. The molecule has 0 saturated carbocycles. The van der Waals surface area contributed by atoms with Crippen molar-refractivity contribution >= 4 is 11.6 Å². The molecule has 30 heavy (non-hydrogen) atoms. The number of aryl methyl sites for hydroxylation is 1. The van der Waals surface area contributed by atoms with Gasteiger partial charge in [-0.25, -0.2) is 4.98 Å². The lowest BCUT2D eigenvalue weighted by molar-refractivity contribution is 0.0788. The third kappa shape index (κ3) is 4.01. The number of rotatable bonds is 7. The van der Waals surface area contributed by atoms with E-state index in [4.69, 9.17) is 4.98 Å². The zero-order chi connectivity index (χ0) is 21.1. The van der Waals surface area contributed by atoms with E-state index in [0.29, 0.717) is 18.8 Å². The van der Waals surface area contributed by atoms with Crippen molar-refractivity contribution < 1.29 is 9.90 Å². The van der Waals surface area contributed by atoms with Crippen LogP contribution < -0.4 is 0 Å². The van der Waals surface area contributed by atoms with E-state index in [-0.39, 0.29) is 18.6 Å². The van der Waals surface area contributed by atoms with Gasteiger partial charge in [0.05, 0.1) is 18.3 Å². The van der Waals surface area contributed by atoms with Crippen molar-refractivity contribution in [2.75, 3.05) is 26.7 Å². The minimum absolute atomic E-state index is 0.0286. The maximum atomic E-state index is 13.4. The molecule has 1 atom stereocenters. The Kier molecular flexibility index (Phi) is 5.97. The second kappa shape index (κ2) is 8.81. The average Bonchev–Trinajstić information content (AvgIpc) is 3.38. The third-order valence-electron chi connectivity index (χ3n) is 5.78. The molecule has 4 rings (SSSR count). The van der Waals surface area contributed by atoms with Gasteiger partial charge in [-0.05, 0) is 30.5 Å². The molecule has 1 unspecified atom stereocenters. The first-order valence-electron chi connectivity index (χ1n) is 10.4. The molecule has 1 aliphatic heterocycles. The Bertz CT molecular complexity index is 1060. The van der Waals surface area contributed by atoms with Crippen LogP contribution in [0.15, 0.2) is 60.8 Å². The number of likely N-dealkylation sites (N-methyl/N-ethyl adjacent to an activating group) is 1. The van der Waals surface area contributed by atoms with Crippen LogP contribution in [0.2, 0.25) is 0 Å². The van der Waals surface area contributed by atoms with Gasteiger partial charge in [-0.15, -0.1) is 0 Å². The number of nitrogens with zero attached hydrogens (tertiary/aromatic N) is 4. The summed E-state index contributed by atoms with van der Waals surface area (Å²) in [6.45, 7) is 4.00. The molecular weight excluding hydrogens is 376 g/mol. The molecule has 2 aromatic heterocycles. The maximum Gasteiger partial charge on any atom is 0.274 e. The van der Waals surface area contributed by atoms with Crippen LogP contribution >= 0.6 is 0 Å². The lowest BCUT2D eigenvalue weighted by Gasteiger charge is -2.23. The third-order valence-corrected chi connectivity index (χ3v) is 5.78. The Morgan fingerprint density at radius 2 is 2.03 bits per heavy atom. The summed E-state index contributed by atoms with van der Waals surface area (Å²) >= 11 is 0. The van der Waals surface area contributed by atoms with Crippen LogP contribution in [0.5, 0.6) is 0 Å². The zero-order valence-corrected chi connectivity index (χ0v) is 17.5. The molecule has 0 saturated heterocycles. The Labute approximate surface area is 177 Å². The second-order valence-electron chi connectivity index (χ2n) is 7.86. The van der Waals surface area contributed by atoms with Crippen molar-refractivity contribution in [3.63, 3.8) is 0 Å². The fraction of sp³-hybridized carbons (Fsp3) is 0.333. The molecule has 3 aromatic rings. The van der Waals surface area contributed by atoms with E-state index in [9.17, 15) is 9.90 Å². The monoisotopic (exact) mass is 404 g/mol. The number of hydrogen-bond donors (Lipinski definition) is 1. The van der Waals surface area contributed by atoms with Crippen LogP contribution in [0.25, 0.3) is 5.65 Å². The van der Waals surface area contributed by atoms with E-state index >= 15 is 0 Å². The van der Waals surface area contributed by atoms with Crippen molar-refractivity contribution in [3.05, 3.63) is 83.3 Å². The molecule has 0 bridgehead atoms. The van der Waals surface area contributed by atoms with Crippen LogP contribution in [-0.2, 0) is 13.0 Å². The molecule has 0 spiro atoms. The van der Waals surface area contributed by atoms with Gasteiger partial charge in [0.2, 0.25) is 0 Å². The first-order chi connectivity index (χ1) is 14.6. The summed E-state index contributed by atoms with van der Waals surface area (Å²) in [7, 11) is 1.83. The number of aliphatic hydroxyl groups is 1. The maximum absolute atomic E-state index is 13.4. The SMILES string of the molecule is Cc1cccn2c(CN3CC=CC3CO)c(C(=O)N(C)CCc3ccccc3)nc12. The predicted molar refractivity (Wildman–Crippen MR) is 117 cm³/mol. The number of aliphatic hydroxyl groups excluding tert-OH is 1. The number of aromatic nitrogens is 2. The van der Waals surface area contributed by atoms with E-state index in [2.05, 4.69) is 23.1 Å². The van der Waals surface area contributed by atoms with Crippen LogP contribution in [0.4, 0.5) is 0 Å². The highest BCUT2D eigenvalue weighted by Gasteiger charge is 2.27. The van der Waals surface area contributed by atoms with Crippen molar-refractivity contribution in [1.29, 1.82) is 0 Å². The summed E-state index contributed by atoms with van der Waals surface area (Å²) in [6, 6.07) is 14.1. The van der Waals surface area contributed by atoms with Crippen LogP contribution in [0, 0.1) is 6.92 Å². The lowest BCUT2D eigenvalue weighted by Crippen LogP contribution is -2.34. The molecule has 1 amide bonds. The summed E-state index contributed by atoms with van der Waals surface area (Å²) in [4.78, 5) is 22.0. The van der Waals surface area contributed by atoms with Gasteiger partial charge in [-0.2, -0.15) is 0 Å². The zero-order valence-electron chi connectivity index (χ0n) is 17.5. The van der Waals surface area contributed by atoms with E-state index in [0.717, 1.165) is 29.9 Å². The number of amides is 1. The Morgan fingerprint density at radius 1 is 1.23 bits per heavy atom. The standard InChI is InChI=1S/C24H28N4O2/c1-18-8-6-14-28-21(16-27-13-7-11-20(27)17-29)22(25-23(18)28)24(30)26(2)15-12-19-9-4-3-5-10-19/h3-11,14,20,29H,12-13,15-17H2,1-2H3. The first kappa shape index (κ1) is 20.3. The second-order valence-corrected chi connectivity index (χ2v) is 7.86. The highest BCUT2D eigenvalue weighted by atomic mass is 16.3. The van der Waals surface area contributed by atoms with Crippen LogP contribution in [0.1, 0.15) is 27.3 Å². The van der Waals surface area contributed by atoms with Crippen molar-refractivity contribution in [2.45, 2.75) is 25.9 Å². The lowest BCUT2D eigenvalue weighted by atomic mass is 10.1. The minimum Gasteiger partial charge on any atom is -0.394 e. The van der Waals surface area contributed by atoms with E-state index < -0.39 is 0 Å². The van der Waals surface area contributed by atoms with E-state index in [1.54, 1.807) is 4.90 Å². The van der Waals surface area contributed by atoms with Gasteiger partial charge in [0.15, 0.2) is 5.69 Å². The van der Waals surface area contributed by atoms with Gasteiger partial charge in [-0.3, -0.25) is 9.69 Å². The Balaban J connectivity index is 1.62. The molecule has 1 aromatic carbocycles. The highest BCUT2D eigenvalue weighted by Crippen LogP contribution is 2.22. The average molecular weight is 405 g/mol. The van der Waals surface area contributed by atoms with E-state index in [1.807, 2.05) is 61.0 Å². The van der Waals surface area contributed by atoms with Gasteiger partial charge < -0.3 is 14.4 Å². The molecule has 0 aliphatic carbocycles. The normalized spacial score (nSPS) is 16.4. The molecule has 156 valence electrons. The molecule has 3 heterocycles. The van der Waals surface area contributed by atoms with Crippen LogP contribution in [0.3, 0.4) is 0 Å². The summed E-state index contributed by atoms with van der Waals surface area (Å²) in [5.74, 6) is -0.0725. The largest absolute Gasteiger partial charge is 0.394 e. The summed E-state index contributed by atoms with van der Waals surface area (Å²) in [5, 5.41) is 9.68. The molecule has 0 fully saturated rings. The summed E-state index contributed by atoms with van der Waals surface area (Å²) < 4.78 is 2.01. The fourth-order valence-electron chi connectivity index (χ4n) is 3.96. The topological polar surface area (TPSA) is 61.1 Å². The van der Waals surface area contributed by atoms with Gasteiger partial charge in [0.25, 0.3) is 5.91 Å². The number of fused-ring (bicyclic) bond motifs is 1. The van der Waals surface area contributed by atoms with Crippen LogP contribution in [-0.4, -0.2) is 63.0 Å². The van der Waals surface area contributed by atoms with Gasteiger partial charge in [0.1, 0.15) is 5.65 Å². The highest BCUT2D eigenvalue weighted by molar-refractivity contribution is 5.94. The molecule has 1 aliphatic rings. The molecular formula is C24H28N4O2. The summed E-state index contributed by atoms with van der Waals surface area (Å²) in [5.41, 5.74) is 4.40. The number of hydrogen-bond acceptors (Lipinski definition) is 4. The number of benzene rings is 1. The number of carbonyl (C=O) groups excluding carboxylic acids is 1. The minimum atomic E-state index is -0.0725.